The van der Waals surface area contributed by atoms with Gasteiger partial charge in [0.2, 0.25) is 0 Å². The highest BCUT2D eigenvalue weighted by molar-refractivity contribution is 5.74. The van der Waals surface area contributed by atoms with Crippen LogP contribution < -0.4 is 10.6 Å². The molecule has 1 aromatic heterocycles. The number of urea groups is 1. The molecule has 2 amide bonds. The molecule has 0 bridgehead atoms. The summed E-state index contributed by atoms with van der Waals surface area (Å²) in [5, 5.41) is 5.90. The van der Waals surface area contributed by atoms with Crippen molar-refractivity contribution in [1.82, 2.24) is 15.5 Å². The number of carbonyl (C=O) groups is 1. The molecule has 1 unspecified atom stereocenters. The third-order valence-corrected chi connectivity index (χ3v) is 3.24. The summed E-state index contributed by atoms with van der Waals surface area (Å²) in [5.41, 5.74) is 0. The van der Waals surface area contributed by atoms with Crippen LogP contribution in [0.25, 0.3) is 0 Å². The Kier molecular flexibility index (Phi) is 4.85. The summed E-state index contributed by atoms with van der Waals surface area (Å²) >= 11 is 0. The minimum absolute atomic E-state index is 0.0569. The molecule has 106 valence electrons. The second kappa shape index (κ2) is 6.61. The third-order valence-electron chi connectivity index (χ3n) is 3.24. The van der Waals surface area contributed by atoms with E-state index in [1.165, 1.54) is 0 Å². The summed E-state index contributed by atoms with van der Waals surface area (Å²) < 4.78 is 5.34. The lowest BCUT2D eigenvalue weighted by molar-refractivity contribution is 0.234. The monoisotopic (exact) mass is 265 g/mol. The maximum absolute atomic E-state index is 11.7. The lowest BCUT2D eigenvalue weighted by Gasteiger charge is -2.16. The minimum atomic E-state index is -0.0569. The van der Waals surface area contributed by atoms with Gasteiger partial charge in [0.05, 0.1) is 12.8 Å². The summed E-state index contributed by atoms with van der Waals surface area (Å²) in [5.74, 6) is 1.45. The van der Waals surface area contributed by atoms with Gasteiger partial charge in [-0.3, -0.25) is 4.90 Å². The predicted molar refractivity (Wildman–Crippen MR) is 73.8 cm³/mol. The number of nitrogens with zero attached hydrogens (tertiary/aromatic N) is 1. The van der Waals surface area contributed by atoms with Crippen molar-refractivity contribution in [2.75, 3.05) is 19.6 Å². The van der Waals surface area contributed by atoms with Gasteiger partial charge < -0.3 is 15.1 Å². The summed E-state index contributed by atoms with van der Waals surface area (Å²) in [6, 6.07) is 4.07. The average Bonchev–Trinajstić information content (AvgIpc) is 2.99. The van der Waals surface area contributed by atoms with Crippen LogP contribution >= 0.6 is 0 Å². The molecular formula is C14H23N3O2. The topological polar surface area (TPSA) is 57.5 Å². The molecule has 5 nitrogen and oxygen atoms in total. The molecule has 1 fully saturated rings. The normalized spacial score (nSPS) is 19.8. The van der Waals surface area contributed by atoms with Crippen molar-refractivity contribution in [3.8, 4) is 0 Å². The zero-order valence-corrected chi connectivity index (χ0v) is 11.7. The predicted octanol–water partition coefficient (Wildman–Crippen LogP) is 1.81. The lowest BCUT2D eigenvalue weighted by Crippen LogP contribution is -2.44. The zero-order valence-electron chi connectivity index (χ0n) is 11.7. The van der Waals surface area contributed by atoms with E-state index in [0.717, 1.165) is 31.8 Å². The minimum Gasteiger partial charge on any atom is -0.468 e. The maximum atomic E-state index is 11.7. The Hall–Kier alpha value is -1.49. The van der Waals surface area contributed by atoms with Crippen LogP contribution in [0.5, 0.6) is 0 Å². The quantitative estimate of drug-likeness (QED) is 0.853. The Morgan fingerprint density at radius 2 is 2.42 bits per heavy atom. The van der Waals surface area contributed by atoms with Crippen molar-refractivity contribution in [2.24, 2.45) is 5.92 Å². The summed E-state index contributed by atoms with van der Waals surface area (Å²) in [6.07, 6.45) is 2.69. The van der Waals surface area contributed by atoms with E-state index in [1.54, 1.807) is 6.26 Å². The van der Waals surface area contributed by atoms with E-state index in [2.05, 4.69) is 29.4 Å². The number of hydrogen-bond donors (Lipinski definition) is 2. The first-order chi connectivity index (χ1) is 9.13. The number of hydrogen-bond acceptors (Lipinski definition) is 3. The lowest BCUT2D eigenvalue weighted by atomic mass is 10.2. The highest BCUT2D eigenvalue weighted by atomic mass is 16.3. The van der Waals surface area contributed by atoms with E-state index in [1.807, 2.05) is 12.1 Å². The first-order valence-electron chi connectivity index (χ1n) is 6.92. The summed E-state index contributed by atoms with van der Waals surface area (Å²) in [4.78, 5) is 14.0. The van der Waals surface area contributed by atoms with E-state index >= 15 is 0 Å². The van der Waals surface area contributed by atoms with Crippen molar-refractivity contribution in [1.29, 1.82) is 0 Å². The van der Waals surface area contributed by atoms with Gasteiger partial charge in [-0.05, 0) is 24.5 Å². The molecule has 19 heavy (non-hydrogen) atoms. The van der Waals surface area contributed by atoms with Gasteiger partial charge in [-0.25, -0.2) is 4.79 Å². The van der Waals surface area contributed by atoms with Gasteiger partial charge in [-0.15, -0.1) is 0 Å². The van der Waals surface area contributed by atoms with Crippen LogP contribution in [-0.4, -0.2) is 36.6 Å². The molecule has 1 saturated heterocycles. The number of likely N-dealkylation sites (tertiary alicyclic amines) is 1. The number of nitrogens with one attached hydrogen (secondary N) is 2. The van der Waals surface area contributed by atoms with E-state index in [-0.39, 0.29) is 12.1 Å². The van der Waals surface area contributed by atoms with Crippen LogP contribution in [0, 0.1) is 5.92 Å². The Labute approximate surface area is 114 Å². The summed E-state index contributed by atoms with van der Waals surface area (Å²) in [7, 11) is 0. The van der Waals surface area contributed by atoms with Gasteiger partial charge in [-0.2, -0.15) is 0 Å². The van der Waals surface area contributed by atoms with Crippen LogP contribution in [0.15, 0.2) is 22.8 Å². The van der Waals surface area contributed by atoms with Gasteiger partial charge >= 0.3 is 6.03 Å². The smallest absolute Gasteiger partial charge is 0.315 e. The number of rotatable bonds is 5. The first kappa shape index (κ1) is 13.9. The van der Waals surface area contributed by atoms with Crippen molar-refractivity contribution >= 4 is 6.03 Å². The Balaban J connectivity index is 1.68. The molecule has 0 aliphatic carbocycles. The maximum Gasteiger partial charge on any atom is 0.315 e. The molecule has 0 radical (unpaired) electrons. The van der Waals surface area contributed by atoms with Crippen molar-refractivity contribution in [3.63, 3.8) is 0 Å². The van der Waals surface area contributed by atoms with Gasteiger partial charge in [0.15, 0.2) is 0 Å². The molecule has 2 heterocycles. The highest BCUT2D eigenvalue weighted by Gasteiger charge is 2.24. The van der Waals surface area contributed by atoms with Crippen LogP contribution in [0.2, 0.25) is 0 Å². The van der Waals surface area contributed by atoms with Crippen molar-refractivity contribution < 1.29 is 9.21 Å². The van der Waals surface area contributed by atoms with Crippen LogP contribution in [0.1, 0.15) is 26.0 Å². The molecule has 2 rings (SSSR count). The third kappa shape index (κ3) is 4.59. The fourth-order valence-electron chi connectivity index (χ4n) is 2.25. The Bertz CT molecular complexity index is 389. The Morgan fingerprint density at radius 1 is 1.58 bits per heavy atom. The first-order valence-corrected chi connectivity index (χ1v) is 6.92. The van der Waals surface area contributed by atoms with Gasteiger partial charge in [0, 0.05) is 25.7 Å². The molecule has 1 aromatic rings. The van der Waals surface area contributed by atoms with E-state index in [9.17, 15) is 4.79 Å². The molecule has 1 aliphatic rings. The molecule has 5 heteroatoms. The molecular weight excluding hydrogens is 242 g/mol. The molecule has 0 saturated carbocycles. The second-order valence-electron chi connectivity index (χ2n) is 5.55. The molecule has 1 atom stereocenters. The second-order valence-corrected chi connectivity index (χ2v) is 5.55. The fourth-order valence-corrected chi connectivity index (χ4v) is 2.25. The molecule has 0 aromatic carbocycles. The van der Waals surface area contributed by atoms with Crippen molar-refractivity contribution in [3.05, 3.63) is 24.2 Å². The SMILES string of the molecule is CC(C)CNC(=O)NC1CCN(Cc2ccco2)C1. The van der Waals surface area contributed by atoms with E-state index in [4.69, 9.17) is 4.42 Å². The largest absolute Gasteiger partial charge is 0.468 e. The van der Waals surface area contributed by atoms with E-state index < -0.39 is 0 Å². The van der Waals surface area contributed by atoms with Gasteiger partial charge in [0.25, 0.3) is 0 Å². The zero-order chi connectivity index (χ0) is 13.7. The molecule has 2 N–H and O–H groups in total. The van der Waals surface area contributed by atoms with Gasteiger partial charge in [0.1, 0.15) is 5.76 Å². The highest BCUT2D eigenvalue weighted by Crippen LogP contribution is 2.13. The standard InChI is InChI=1S/C14H23N3O2/c1-11(2)8-15-14(18)16-12-5-6-17(9-12)10-13-4-3-7-19-13/h3-4,7,11-12H,5-6,8-10H2,1-2H3,(H2,15,16,18). The molecule has 0 spiro atoms. The van der Waals surface area contributed by atoms with Crippen LogP contribution in [0.3, 0.4) is 0 Å². The molecule has 1 aliphatic heterocycles. The number of furan rings is 1. The number of carbonyl (C=O) groups excluding carboxylic acids is 1. The number of amides is 2. The fraction of sp³-hybridized carbons (Fsp3) is 0.643. The Morgan fingerprint density at radius 3 is 3.11 bits per heavy atom. The summed E-state index contributed by atoms with van der Waals surface area (Å²) in [6.45, 7) is 7.58. The average molecular weight is 265 g/mol. The van der Waals surface area contributed by atoms with Gasteiger partial charge in [-0.1, -0.05) is 13.8 Å². The van der Waals surface area contributed by atoms with E-state index in [0.29, 0.717) is 12.5 Å². The van der Waals surface area contributed by atoms with Crippen LogP contribution in [0.4, 0.5) is 4.79 Å². The van der Waals surface area contributed by atoms with Crippen LogP contribution in [-0.2, 0) is 6.54 Å². The van der Waals surface area contributed by atoms with Crippen molar-refractivity contribution in [2.45, 2.75) is 32.9 Å².